The van der Waals surface area contributed by atoms with Crippen LogP contribution >= 0.6 is 0 Å². The first-order valence-electron chi connectivity index (χ1n) is 9.86. The molecular weight excluding hydrogens is 348 g/mol. The minimum atomic E-state index is -0.0720. The predicted octanol–water partition coefficient (Wildman–Crippen LogP) is 4.02. The highest BCUT2D eigenvalue weighted by molar-refractivity contribution is 6.07. The molecule has 2 fully saturated rings. The van der Waals surface area contributed by atoms with Crippen molar-refractivity contribution in [1.82, 2.24) is 10.6 Å². The second-order valence-electron chi connectivity index (χ2n) is 7.36. The van der Waals surface area contributed by atoms with E-state index in [1.807, 2.05) is 36.4 Å². The van der Waals surface area contributed by atoms with Crippen LogP contribution in [0.25, 0.3) is 0 Å². The van der Waals surface area contributed by atoms with Crippen molar-refractivity contribution >= 4 is 11.6 Å². The van der Waals surface area contributed by atoms with E-state index in [-0.39, 0.29) is 23.7 Å². The maximum Gasteiger partial charge on any atom is 0.187 e. The number of hydrogen-bond donors (Lipinski definition) is 2. The fourth-order valence-electron chi connectivity index (χ4n) is 3.90. The molecule has 2 atom stereocenters. The van der Waals surface area contributed by atoms with Crippen LogP contribution in [0.5, 0.6) is 0 Å². The summed E-state index contributed by atoms with van der Waals surface area (Å²) in [5.41, 5.74) is 2.66. The van der Waals surface area contributed by atoms with Crippen molar-refractivity contribution in [2.45, 2.75) is 37.8 Å². The molecule has 1 aliphatic heterocycles. The van der Waals surface area contributed by atoms with E-state index in [4.69, 9.17) is 0 Å². The Morgan fingerprint density at radius 1 is 0.679 bits per heavy atom. The molecule has 0 spiro atoms. The Balaban J connectivity index is 1.65. The second-order valence-corrected chi connectivity index (χ2v) is 7.36. The number of carbonyl (C=O) groups excluding carboxylic acids is 2. The van der Waals surface area contributed by atoms with E-state index in [9.17, 15) is 9.59 Å². The number of ketones is 2. The van der Waals surface area contributed by atoms with Gasteiger partial charge in [0, 0.05) is 35.4 Å². The Morgan fingerprint density at radius 3 is 1.46 bits per heavy atom. The number of allylic oxidation sites excluding steroid dienone is 2. The zero-order valence-electron chi connectivity index (χ0n) is 15.7. The van der Waals surface area contributed by atoms with Crippen molar-refractivity contribution < 1.29 is 9.59 Å². The van der Waals surface area contributed by atoms with Crippen molar-refractivity contribution in [2.75, 3.05) is 0 Å². The number of nitrogens with one attached hydrogen (secondary N) is 2. The smallest absolute Gasteiger partial charge is 0.187 e. The summed E-state index contributed by atoms with van der Waals surface area (Å²) < 4.78 is 0. The van der Waals surface area contributed by atoms with E-state index in [1.165, 1.54) is 12.8 Å². The van der Waals surface area contributed by atoms with Crippen molar-refractivity contribution in [3.63, 3.8) is 0 Å². The number of hydrogen-bond acceptors (Lipinski definition) is 4. The fourth-order valence-corrected chi connectivity index (χ4v) is 3.90. The summed E-state index contributed by atoms with van der Waals surface area (Å²) in [5, 5.41) is 7.04. The van der Waals surface area contributed by atoms with Crippen LogP contribution in [0.1, 0.15) is 46.4 Å². The van der Waals surface area contributed by atoms with Crippen LogP contribution in [0.3, 0.4) is 0 Å². The Labute approximate surface area is 165 Å². The summed E-state index contributed by atoms with van der Waals surface area (Å²) in [6.07, 6.45) is 7.70. The molecule has 4 nitrogen and oxygen atoms in total. The number of carbonyl (C=O) groups is 2. The Hall–Kier alpha value is -3.14. The van der Waals surface area contributed by atoms with Crippen LogP contribution in [0.15, 0.2) is 84.2 Å². The zero-order chi connectivity index (χ0) is 19.3. The van der Waals surface area contributed by atoms with Gasteiger partial charge < -0.3 is 10.6 Å². The molecule has 2 aromatic rings. The molecule has 142 valence electrons. The first kappa shape index (κ1) is 18.2. The van der Waals surface area contributed by atoms with Crippen molar-refractivity contribution in [2.24, 2.45) is 0 Å². The molecule has 1 aliphatic carbocycles. The molecule has 0 amide bonds. The normalized spacial score (nSPS) is 24.1. The van der Waals surface area contributed by atoms with Gasteiger partial charge in [-0.3, -0.25) is 9.59 Å². The third-order valence-corrected chi connectivity index (χ3v) is 5.41. The van der Waals surface area contributed by atoms with Crippen LogP contribution in [-0.2, 0) is 0 Å². The van der Waals surface area contributed by atoms with Gasteiger partial charge in [-0.25, -0.2) is 0 Å². The lowest BCUT2D eigenvalue weighted by atomic mass is 9.87. The summed E-state index contributed by atoms with van der Waals surface area (Å²) >= 11 is 0. The zero-order valence-corrected chi connectivity index (χ0v) is 15.7. The Morgan fingerprint density at radius 2 is 1.07 bits per heavy atom. The minimum absolute atomic E-state index is 0.0720. The molecule has 1 saturated carbocycles. The van der Waals surface area contributed by atoms with E-state index in [2.05, 4.69) is 10.6 Å². The summed E-state index contributed by atoms with van der Waals surface area (Å²) in [6, 6.07) is 19.0. The quantitative estimate of drug-likeness (QED) is 0.629. The van der Waals surface area contributed by atoms with E-state index in [0.717, 1.165) is 12.8 Å². The number of benzene rings is 2. The third-order valence-electron chi connectivity index (χ3n) is 5.41. The van der Waals surface area contributed by atoms with Gasteiger partial charge in [-0.15, -0.1) is 0 Å². The summed E-state index contributed by atoms with van der Waals surface area (Å²) in [4.78, 5) is 25.4. The van der Waals surface area contributed by atoms with E-state index in [1.54, 1.807) is 36.4 Å². The average Bonchev–Trinajstić information content (AvgIpc) is 2.75. The van der Waals surface area contributed by atoms with Gasteiger partial charge in [-0.1, -0.05) is 73.5 Å². The van der Waals surface area contributed by atoms with Crippen molar-refractivity contribution in [1.29, 1.82) is 0 Å². The molecule has 1 saturated heterocycles. The third kappa shape index (κ3) is 4.06. The fraction of sp³-hybridized carbons (Fsp3) is 0.250. The maximum atomic E-state index is 12.7. The molecule has 2 aromatic carbocycles. The number of piperazine rings is 1. The summed E-state index contributed by atoms with van der Waals surface area (Å²) in [7, 11) is 0. The van der Waals surface area contributed by atoms with Crippen LogP contribution in [0, 0.1) is 0 Å². The molecule has 4 rings (SSSR count). The van der Waals surface area contributed by atoms with Crippen LogP contribution in [-0.4, -0.2) is 23.7 Å². The Bertz CT molecular complexity index is 839. The van der Waals surface area contributed by atoms with Gasteiger partial charge in [-0.2, -0.15) is 0 Å². The molecule has 2 aliphatic rings. The van der Waals surface area contributed by atoms with E-state index < -0.39 is 0 Å². The highest BCUT2D eigenvalue weighted by Crippen LogP contribution is 2.26. The molecule has 0 bridgehead atoms. The predicted molar refractivity (Wildman–Crippen MR) is 110 cm³/mol. The molecule has 28 heavy (non-hydrogen) atoms. The average molecular weight is 372 g/mol. The highest BCUT2D eigenvalue weighted by atomic mass is 16.1. The molecule has 2 N–H and O–H groups in total. The standard InChI is InChI=1S/C24H24N2O2/c27-23(17-9-3-1-4-10-17)15-21-22(16-24(28)18-11-5-2-6-12-18)26-20-14-8-7-13-19(20)25-21/h1-6,9-12,15-16,19-20,25-26H,7-8,13-14H2/b21-15-,22-16-/t19-,20-/m0/s1. The monoisotopic (exact) mass is 372 g/mol. The highest BCUT2D eigenvalue weighted by Gasteiger charge is 2.31. The summed E-state index contributed by atoms with van der Waals surface area (Å²) in [5.74, 6) is -0.144. The van der Waals surface area contributed by atoms with Gasteiger partial charge in [-0.05, 0) is 12.8 Å². The topological polar surface area (TPSA) is 58.2 Å². The number of fused-ring (bicyclic) bond motifs is 1. The van der Waals surface area contributed by atoms with Gasteiger partial charge in [0.05, 0.1) is 11.4 Å². The van der Waals surface area contributed by atoms with Crippen LogP contribution < -0.4 is 10.6 Å². The Kier molecular flexibility index (Phi) is 5.38. The largest absolute Gasteiger partial charge is 0.378 e. The van der Waals surface area contributed by atoms with E-state index in [0.29, 0.717) is 22.5 Å². The second kappa shape index (κ2) is 8.26. The van der Waals surface area contributed by atoms with Gasteiger partial charge in [0.25, 0.3) is 0 Å². The van der Waals surface area contributed by atoms with Crippen LogP contribution in [0.2, 0.25) is 0 Å². The molecule has 4 heteroatoms. The molecule has 1 heterocycles. The van der Waals surface area contributed by atoms with Gasteiger partial charge in [0.1, 0.15) is 0 Å². The summed E-state index contributed by atoms with van der Waals surface area (Å²) in [6.45, 7) is 0. The minimum Gasteiger partial charge on any atom is -0.378 e. The molecule has 0 aromatic heterocycles. The maximum absolute atomic E-state index is 12.7. The number of rotatable bonds is 4. The lowest BCUT2D eigenvalue weighted by Gasteiger charge is -2.40. The lowest BCUT2D eigenvalue weighted by Crippen LogP contribution is -2.55. The lowest BCUT2D eigenvalue weighted by molar-refractivity contribution is 0.103. The first-order chi connectivity index (χ1) is 13.7. The van der Waals surface area contributed by atoms with Crippen molar-refractivity contribution in [3.05, 3.63) is 95.3 Å². The molecule has 0 unspecified atom stereocenters. The molecular formula is C24H24N2O2. The first-order valence-corrected chi connectivity index (χ1v) is 9.86. The van der Waals surface area contributed by atoms with Crippen LogP contribution in [0.4, 0.5) is 0 Å². The van der Waals surface area contributed by atoms with Gasteiger partial charge >= 0.3 is 0 Å². The van der Waals surface area contributed by atoms with E-state index >= 15 is 0 Å². The van der Waals surface area contributed by atoms with Gasteiger partial charge in [0.2, 0.25) is 0 Å². The van der Waals surface area contributed by atoms with Crippen molar-refractivity contribution in [3.8, 4) is 0 Å². The SMILES string of the molecule is O=C(/C=C1\N[C@H]2CCCC[C@@H]2N\C1=C/C(=O)c1ccccc1)c1ccccc1. The molecule has 0 radical (unpaired) electrons. The van der Waals surface area contributed by atoms with Gasteiger partial charge in [0.15, 0.2) is 11.6 Å².